The number of hydrogen-bond donors (Lipinski definition) is 0. The van der Waals surface area contributed by atoms with Crippen LogP contribution < -0.4 is 0 Å². The Morgan fingerprint density at radius 3 is 1.93 bits per heavy atom. The van der Waals surface area contributed by atoms with Crippen LogP contribution in [0, 0.1) is 0 Å². The first-order chi connectivity index (χ1) is 6.50. The highest BCUT2D eigenvalue weighted by Crippen LogP contribution is 2.23. The second-order valence-corrected chi connectivity index (χ2v) is 3.44. The normalized spacial score (nSPS) is 18.3. The minimum absolute atomic E-state index is 0.0471. The molecule has 14 heavy (non-hydrogen) atoms. The lowest BCUT2D eigenvalue weighted by atomic mass is 9.86. The fourth-order valence-electron chi connectivity index (χ4n) is 1.47. The van der Waals surface area contributed by atoms with Crippen LogP contribution in [0.1, 0.15) is 20.8 Å². The molecule has 0 bridgehead atoms. The van der Waals surface area contributed by atoms with Gasteiger partial charge in [-0.15, -0.1) is 0 Å². The summed E-state index contributed by atoms with van der Waals surface area (Å²) in [5, 5.41) is 0. The Kier molecular flexibility index (Phi) is 3.01. The molecule has 0 saturated carbocycles. The molecule has 1 aliphatic carbocycles. The lowest BCUT2D eigenvalue weighted by Crippen LogP contribution is -2.22. The van der Waals surface area contributed by atoms with E-state index in [0.29, 0.717) is 22.3 Å². The Morgan fingerprint density at radius 2 is 1.43 bits per heavy atom. The third-order valence-electron chi connectivity index (χ3n) is 2.60. The molecule has 76 valence electrons. The Bertz CT molecular complexity index is 359. The summed E-state index contributed by atoms with van der Waals surface area (Å²) in [4.78, 5) is 23.4. The highest BCUT2D eigenvalue weighted by atomic mass is 16.5. The van der Waals surface area contributed by atoms with Gasteiger partial charge in [0.15, 0.2) is 11.6 Å². The van der Waals surface area contributed by atoms with Crippen LogP contribution in [-0.4, -0.2) is 25.3 Å². The molecule has 0 atom stereocenters. The monoisotopic (exact) mass is 194 g/mol. The number of rotatable bonds is 2. The first kappa shape index (κ1) is 10.9. The van der Waals surface area contributed by atoms with Gasteiger partial charge in [-0.2, -0.15) is 0 Å². The van der Waals surface area contributed by atoms with E-state index in [1.807, 2.05) is 0 Å². The van der Waals surface area contributed by atoms with Crippen molar-refractivity contribution in [1.29, 1.82) is 0 Å². The molecule has 1 aliphatic rings. The van der Waals surface area contributed by atoms with E-state index in [-0.39, 0.29) is 18.2 Å². The molecular formula is C11H14O3. The minimum atomic E-state index is -0.0681. The van der Waals surface area contributed by atoms with Gasteiger partial charge in [0.1, 0.15) is 0 Å². The van der Waals surface area contributed by atoms with Crippen LogP contribution in [0.25, 0.3) is 0 Å². The van der Waals surface area contributed by atoms with Crippen LogP contribution in [0.15, 0.2) is 22.3 Å². The Morgan fingerprint density at radius 1 is 0.929 bits per heavy atom. The molecule has 0 fully saturated rings. The Hall–Kier alpha value is -1.22. The highest BCUT2D eigenvalue weighted by Gasteiger charge is 2.27. The number of carbonyl (C=O) groups excluding carboxylic acids is 2. The van der Waals surface area contributed by atoms with E-state index in [1.54, 1.807) is 20.8 Å². The van der Waals surface area contributed by atoms with Crippen molar-refractivity contribution in [2.24, 2.45) is 0 Å². The summed E-state index contributed by atoms with van der Waals surface area (Å²) in [7, 11) is 1.51. The molecule has 0 amide bonds. The molecular weight excluding hydrogens is 180 g/mol. The minimum Gasteiger partial charge on any atom is -0.380 e. The summed E-state index contributed by atoms with van der Waals surface area (Å²) in [6.07, 6.45) is 0. The molecule has 0 saturated heterocycles. The Balaban J connectivity index is 3.19. The van der Waals surface area contributed by atoms with Gasteiger partial charge >= 0.3 is 0 Å². The first-order valence-corrected chi connectivity index (χ1v) is 4.46. The number of ketones is 2. The van der Waals surface area contributed by atoms with Crippen molar-refractivity contribution in [3.8, 4) is 0 Å². The lowest BCUT2D eigenvalue weighted by molar-refractivity contribution is -0.116. The smallest absolute Gasteiger partial charge is 0.187 e. The van der Waals surface area contributed by atoms with Crippen molar-refractivity contribution < 1.29 is 14.3 Å². The first-order valence-electron chi connectivity index (χ1n) is 4.46. The summed E-state index contributed by atoms with van der Waals surface area (Å²) in [5.41, 5.74) is 2.08. The van der Waals surface area contributed by atoms with Crippen molar-refractivity contribution in [3.63, 3.8) is 0 Å². The number of Topliss-reactive ketones (excluding diaryl/α,β-unsaturated/α-hetero) is 2. The molecule has 0 spiro atoms. The zero-order valence-corrected chi connectivity index (χ0v) is 8.93. The maximum Gasteiger partial charge on any atom is 0.187 e. The molecule has 0 aromatic heterocycles. The topological polar surface area (TPSA) is 43.4 Å². The molecule has 0 aromatic rings. The van der Waals surface area contributed by atoms with Crippen LogP contribution >= 0.6 is 0 Å². The molecule has 0 N–H and O–H groups in total. The molecule has 0 aliphatic heterocycles. The van der Waals surface area contributed by atoms with Crippen molar-refractivity contribution in [2.45, 2.75) is 20.8 Å². The summed E-state index contributed by atoms with van der Waals surface area (Å²) < 4.78 is 4.90. The average Bonchev–Trinajstić information content (AvgIpc) is 2.19. The predicted octanol–water partition coefficient (Wildman–Crippen LogP) is 1.44. The van der Waals surface area contributed by atoms with Crippen LogP contribution in [0.4, 0.5) is 0 Å². The second kappa shape index (κ2) is 3.88. The van der Waals surface area contributed by atoms with E-state index in [4.69, 9.17) is 4.74 Å². The van der Waals surface area contributed by atoms with E-state index in [2.05, 4.69) is 0 Å². The molecule has 0 unspecified atom stereocenters. The standard InChI is InChI=1S/C11H14O3/c1-6-7(2)11(13)9(5-14-4)8(3)10(6)12/h5H2,1-4H3. The summed E-state index contributed by atoms with van der Waals surface area (Å²) in [6.45, 7) is 5.24. The molecule has 0 radical (unpaired) electrons. The van der Waals surface area contributed by atoms with Gasteiger partial charge in [-0.25, -0.2) is 0 Å². The van der Waals surface area contributed by atoms with Crippen molar-refractivity contribution in [3.05, 3.63) is 22.3 Å². The molecule has 3 heteroatoms. The number of methoxy groups -OCH3 is 1. The zero-order chi connectivity index (χ0) is 10.9. The van der Waals surface area contributed by atoms with Gasteiger partial charge in [0.25, 0.3) is 0 Å². The van der Waals surface area contributed by atoms with E-state index in [0.717, 1.165) is 0 Å². The van der Waals surface area contributed by atoms with Crippen molar-refractivity contribution in [2.75, 3.05) is 13.7 Å². The van der Waals surface area contributed by atoms with Crippen molar-refractivity contribution >= 4 is 11.6 Å². The molecule has 1 rings (SSSR count). The maximum atomic E-state index is 11.7. The van der Waals surface area contributed by atoms with Gasteiger partial charge in [0.05, 0.1) is 6.61 Å². The van der Waals surface area contributed by atoms with Crippen LogP contribution in [0.2, 0.25) is 0 Å². The summed E-state index contributed by atoms with van der Waals surface area (Å²) in [6, 6.07) is 0. The third-order valence-corrected chi connectivity index (χ3v) is 2.60. The SMILES string of the molecule is COCC1=C(C)C(=O)C(C)=C(C)C1=O. The van der Waals surface area contributed by atoms with E-state index in [9.17, 15) is 9.59 Å². The Labute approximate surface area is 83.4 Å². The van der Waals surface area contributed by atoms with Gasteiger partial charge in [-0.3, -0.25) is 9.59 Å². The fourth-order valence-corrected chi connectivity index (χ4v) is 1.47. The predicted molar refractivity (Wildman–Crippen MR) is 53.0 cm³/mol. The van der Waals surface area contributed by atoms with Crippen LogP contribution in [0.5, 0.6) is 0 Å². The largest absolute Gasteiger partial charge is 0.380 e. The van der Waals surface area contributed by atoms with Crippen LogP contribution in [0.3, 0.4) is 0 Å². The van der Waals surface area contributed by atoms with Gasteiger partial charge < -0.3 is 4.74 Å². The van der Waals surface area contributed by atoms with Gasteiger partial charge in [0.2, 0.25) is 0 Å². The highest BCUT2D eigenvalue weighted by molar-refractivity contribution is 6.24. The quantitative estimate of drug-likeness (QED) is 0.625. The van der Waals surface area contributed by atoms with E-state index in [1.165, 1.54) is 7.11 Å². The lowest BCUT2D eigenvalue weighted by Gasteiger charge is -2.17. The average molecular weight is 194 g/mol. The van der Waals surface area contributed by atoms with E-state index >= 15 is 0 Å². The number of hydrogen-bond acceptors (Lipinski definition) is 3. The summed E-state index contributed by atoms with van der Waals surface area (Å²) in [5.74, 6) is -0.115. The fraction of sp³-hybridized carbons (Fsp3) is 0.455. The molecule has 3 nitrogen and oxygen atoms in total. The second-order valence-electron chi connectivity index (χ2n) is 3.44. The molecule has 0 heterocycles. The number of allylic oxidation sites excluding steroid dienone is 3. The number of ether oxygens (including phenoxy) is 1. The number of carbonyl (C=O) groups is 2. The van der Waals surface area contributed by atoms with Gasteiger partial charge in [0, 0.05) is 29.4 Å². The molecule has 0 aromatic carbocycles. The van der Waals surface area contributed by atoms with Gasteiger partial charge in [-0.1, -0.05) is 0 Å². The maximum absolute atomic E-state index is 11.7. The van der Waals surface area contributed by atoms with Crippen LogP contribution in [-0.2, 0) is 14.3 Å². The van der Waals surface area contributed by atoms with Crippen molar-refractivity contribution in [1.82, 2.24) is 0 Å². The third kappa shape index (κ3) is 1.55. The zero-order valence-electron chi connectivity index (χ0n) is 8.93. The van der Waals surface area contributed by atoms with E-state index < -0.39 is 0 Å². The van der Waals surface area contributed by atoms with Gasteiger partial charge in [-0.05, 0) is 20.8 Å². The summed E-state index contributed by atoms with van der Waals surface area (Å²) >= 11 is 0.